The third-order valence-corrected chi connectivity index (χ3v) is 2.79. The molecule has 1 N–H and O–H groups in total. The number of nitrogens with one attached hydrogen (secondary N) is 1. The molecule has 3 nitrogen and oxygen atoms in total. The molecule has 0 aliphatic rings. The maximum absolute atomic E-state index is 4.35. The number of benzene rings is 1. The molecule has 0 saturated heterocycles. The SMILES string of the molecule is CCCNCC(c1ccccc1)n1cccn1. The summed E-state index contributed by atoms with van der Waals surface area (Å²) >= 11 is 0. The standard InChI is InChI=1S/C14H19N3/c1-2-9-15-12-14(17-11-6-10-16-17)13-7-4-3-5-8-13/h3-8,10-11,14-15H,2,9,12H2,1H3. The first kappa shape index (κ1) is 11.9. The van der Waals surface area contributed by atoms with Gasteiger partial charge in [-0.2, -0.15) is 5.10 Å². The average Bonchev–Trinajstić information content (AvgIpc) is 2.89. The maximum atomic E-state index is 4.35. The molecule has 0 aliphatic heterocycles. The van der Waals surface area contributed by atoms with E-state index in [4.69, 9.17) is 0 Å². The Kier molecular flexibility index (Phi) is 4.33. The van der Waals surface area contributed by atoms with Gasteiger partial charge in [-0.3, -0.25) is 4.68 Å². The zero-order valence-electron chi connectivity index (χ0n) is 10.2. The van der Waals surface area contributed by atoms with Crippen LogP contribution in [0, 0.1) is 0 Å². The normalized spacial score (nSPS) is 12.5. The van der Waals surface area contributed by atoms with Gasteiger partial charge in [0.25, 0.3) is 0 Å². The Hall–Kier alpha value is -1.61. The number of nitrogens with zero attached hydrogens (tertiary/aromatic N) is 2. The third kappa shape index (κ3) is 3.17. The van der Waals surface area contributed by atoms with Crippen molar-refractivity contribution in [2.75, 3.05) is 13.1 Å². The van der Waals surface area contributed by atoms with Gasteiger partial charge in [-0.15, -0.1) is 0 Å². The summed E-state index contributed by atoms with van der Waals surface area (Å²) in [5, 5.41) is 7.81. The van der Waals surface area contributed by atoms with Crippen molar-refractivity contribution in [3.8, 4) is 0 Å². The highest BCUT2D eigenvalue weighted by Gasteiger charge is 2.12. The average molecular weight is 229 g/mol. The Balaban J connectivity index is 2.13. The van der Waals surface area contributed by atoms with E-state index in [1.165, 1.54) is 5.56 Å². The van der Waals surface area contributed by atoms with Crippen LogP contribution in [-0.2, 0) is 0 Å². The van der Waals surface area contributed by atoms with Crippen LogP contribution in [0.4, 0.5) is 0 Å². The zero-order valence-corrected chi connectivity index (χ0v) is 10.2. The predicted molar refractivity (Wildman–Crippen MR) is 70.0 cm³/mol. The minimum atomic E-state index is 0.276. The van der Waals surface area contributed by atoms with Gasteiger partial charge in [0.05, 0.1) is 6.04 Å². The fourth-order valence-electron chi connectivity index (χ4n) is 1.92. The fourth-order valence-corrected chi connectivity index (χ4v) is 1.92. The molecular formula is C14H19N3. The lowest BCUT2D eigenvalue weighted by Crippen LogP contribution is -2.27. The monoisotopic (exact) mass is 229 g/mol. The Morgan fingerprint density at radius 3 is 2.71 bits per heavy atom. The van der Waals surface area contributed by atoms with E-state index in [9.17, 15) is 0 Å². The Morgan fingerprint density at radius 1 is 1.24 bits per heavy atom. The van der Waals surface area contributed by atoms with E-state index in [1.54, 1.807) is 0 Å². The highest BCUT2D eigenvalue weighted by molar-refractivity contribution is 5.20. The third-order valence-electron chi connectivity index (χ3n) is 2.79. The number of aromatic nitrogens is 2. The van der Waals surface area contributed by atoms with Crippen LogP contribution in [0.2, 0.25) is 0 Å². The molecule has 17 heavy (non-hydrogen) atoms. The molecule has 1 aromatic heterocycles. The van der Waals surface area contributed by atoms with E-state index in [0.717, 1.165) is 19.5 Å². The summed E-state index contributed by atoms with van der Waals surface area (Å²) in [6, 6.07) is 12.7. The number of hydrogen-bond donors (Lipinski definition) is 1. The molecule has 0 saturated carbocycles. The van der Waals surface area contributed by atoms with Gasteiger partial charge >= 0.3 is 0 Å². The predicted octanol–water partition coefficient (Wildman–Crippen LogP) is 2.47. The first-order chi connectivity index (χ1) is 8.42. The van der Waals surface area contributed by atoms with Crippen molar-refractivity contribution < 1.29 is 0 Å². The molecule has 90 valence electrons. The van der Waals surface area contributed by atoms with Crippen LogP contribution < -0.4 is 5.32 Å². The first-order valence-electron chi connectivity index (χ1n) is 6.16. The van der Waals surface area contributed by atoms with Gasteiger partial charge in [0.15, 0.2) is 0 Å². The highest BCUT2D eigenvalue weighted by Crippen LogP contribution is 2.16. The first-order valence-corrected chi connectivity index (χ1v) is 6.16. The lowest BCUT2D eigenvalue weighted by molar-refractivity contribution is 0.480. The summed E-state index contributed by atoms with van der Waals surface area (Å²) in [6.45, 7) is 4.14. The second-order valence-corrected chi connectivity index (χ2v) is 4.12. The van der Waals surface area contributed by atoms with Crippen LogP contribution in [0.15, 0.2) is 48.8 Å². The quantitative estimate of drug-likeness (QED) is 0.771. The van der Waals surface area contributed by atoms with Crippen LogP contribution in [0.1, 0.15) is 24.9 Å². The van der Waals surface area contributed by atoms with Crippen LogP contribution >= 0.6 is 0 Å². The van der Waals surface area contributed by atoms with Crippen molar-refractivity contribution in [2.45, 2.75) is 19.4 Å². The summed E-state index contributed by atoms with van der Waals surface area (Å²) < 4.78 is 2.01. The Morgan fingerprint density at radius 2 is 2.06 bits per heavy atom. The maximum Gasteiger partial charge on any atom is 0.0892 e. The minimum Gasteiger partial charge on any atom is -0.314 e. The topological polar surface area (TPSA) is 29.9 Å². The summed E-state index contributed by atoms with van der Waals surface area (Å²) in [6.07, 6.45) is 5.00. The van der Waals surface area contributed by atoms with Gasteiger partial charge in [-0.05, 0) is 24.6 Å². The Bertz CT molecular complexity index is 408. The zero-order chi connectivity index (χ0) is 11.9. The molecule has 0 fully saturated rings. The van der Waals surface area contributed by atoms with Gasteiger partial charge in [0, 0.05) is 18.9 Å². The van der Waals surface area contributed by atoms with Gasteiger partial charge in [0.1, 0.15) is 0 Å². The lowest BCUT2D eigenvalue weighted by Gasteiger charge is -2.18. The van der Waals surface area contributed by atoms with Crippen molar-refractivity contribution in [3.05, 3.63) is 54.4 Å². The van der Waals surface area contributed by atoms with E-state index in [1.807, 2.05) is 29.2 Å². The van der Waals surface area contributed by atoms with Crippen molar-refractivity contribution in [3.63, 3.8) is 0 Å². The van der Waals surface area contributed by atoms with Crippen LogP contribution in [0.3, 0.4) is 0 Å². The molecule has 1 atom stereocenters. The molecule has 1 unspecified atom stereocenters. The molecule has 1 aromatic carbocycles. The second-order valence-electron chi connectivity index (χ2n) is 4.12. The van der Waals surface area contributed by atoms with Crippen molar-refractivity contribution >= 4 is 0 Å². The molecule has 1 heterocycles. The molecule has 0 bridgehead atoms. The van der Waals surface area contributed by atoms with E-state index >= 15 is 0 Å². The largest absolute Gasteiger partial charge is 0.314 e. The highest BCUT2D eigenvalue weighted by atomic mass is 15.3. The molecular weight excluding hydrogens is 210 g/mol. The van der Waals surface area contributed by atoms with E-state index < -0.39 is 0 Å². The van der Waals surface area contributed by atoms with Crippen LogP contribution in [0.25, 0.3) is 0 Å². The number of hydrogen-bond acceptors (Lipinski definition) is 2. The minimum absolute atomic E-state index is 0.276. The Labute approximate surface area is 102 Å². The summed E-state index contributed by atoms with van der Waals surface area (Å²) in [4.78, 5) is 0. The second kappa shape index (κ2) is 6.21. The lowest BCUT2D eigenvalue weighted by atomic mass is 10.1. The summed E-state index contributed by atoms with van der Waals surface area (Å²) in [7, 11) is 0. The van der Waals surface area contributed by atoms with Gasteiger partial charge in [0.2, 0.25) is 0 Å². The van der Waals surface area contributed by atoms with E-state index in [0.29, 0.717) is 0 Å². The molecule has 2 aromatic rings. The summed E-state index contributed by atoms with van der Waals surface area (Å²) in [5.41, 5.74) is 1.29. The molecule has 0 spiro atoms. The van der Waals surface area contributed by atoms with E-state index in [2.05, 4.69) is 41.6 Å². The summed E-state index contributed by atoms with van der Waals surface area (Å²) in [5.74, 6) is 0. The van der Waals surface area contributed by atoms with Gasteiger partial charge in [-0.25, -0.2) is 0 Å². The fraction of sp³-hybridized carbons (Fsp3) is 0.357. The van der Waals surface area contributed by atoms with Gasteiger partial charge < -0.3 is 5.32 Å². The van der Waals surface area contributed by atoms with Crippen molar-refractivity contribution in [1.29, 1.82) is 0 Å². The number of rotatable bonds is 6. The van der Waals surface area contributed by atoms with Crippen molar-refractivity contribution in [2.24, 2.45) is 0 Å². The smallest absolute Gasteiger partial charge is 0.0892 e. The molecule has 0 amide bonds. The molecule has 2 rings (SSSR count). The van der Waals surface area contributed by atoms with Crippen LogP contribution in [-0.4, -0.2) is 22.9 Å². The van der Waals surface area contributed by atoms with Crippen molar-refractivity contribution in [1.82, 2.24) is 15.1 Å². The molecule has 3 heteroatoms. The van der Waals surface area contributed by atoms with Gasteiger partial charge in [-0.1, -0.05) is 37.3 Å². The molecule has 0 aliphatic carbocycles. The van der Waals surface area contributed by atoms with Crippen LogP contribution in [0.5, 0.6) is 0 Å². The van der Waals surface area contributed by atoms with E-state index in [-0.39, 0.29) is 6.04 Å². The molecule has 0 radical (unpaired) electrons.